The molecule has 0 atom stereocenters. The van der Waals surface area contributed by atoms with Crippen molar-refractivity contribution in [2.24, 2.45) is 0 Å². The number of thiazole rings is 1. The zero-order valence-electron chi connectivity index (χ0n) is 14.1. The first-order valence-corrected chi connectivity index (χ1v) is 10.0. The van der Waals surface area contributed by atoms with Crippen molar-refractivity contribution < 1.29 is 14.0 Å². The molecule has 0 unspecified atom stereocenters. The van der Waals surface area contributed by atoms with E-state index in [0.717, 1.165) is 9.90 Å². The zero-order chi connectivity index (χ0) is 18.5. The lowest BCUT2D eigenvalue weighted by molar-refractivity contribution is -0.117. The van der Waals surface area contributed by atoms with Gasteiger partial charge < -0.3 is 0 Å². The molecule has 0 saturated carbocycles. The van der Waals surface area contributed by atoms with E-state index in [2.05, 4.69) is 4.98 Å². The number of nitrogens with zero attached hydrogens (tertiary/aromatic N) is 1. The molecule has 0 fully saturated rings. The van der Waals surface area contributed by atoms with Crippen LogP contribution in [-0.2, 0) is 17.6 Å². The molecule has 0 radical (unpaired) electrons. The van der Waals surface area contributed by atoms with Gasteiger partial charge in [-0.1, -0.05) is 18.2 Å². The third-order valence-electron chi connectivity index (χ3n) is 3.89. The van der Waals surface area contributed by atoms with Crippen molar-refractivity contribution in [1.29, 1.82) is 0 Å². The Kier molecular flexibility index (Phi) is 5.96. The molecule has 0 aliphatic rings. The lowest BCUT2D eigenvalue weighted by Crippen LogP contribution is -2.12. The molecular weight excluding hydrogens is 369 g/mol. The smallest absolute Gasteiger partial charge is 0.194 e. The fraction of sp³-hybridized carbons (Fsp3) is 0.150. The Labute approximate surface area is 159 Å². The summed E-state index contributed by atoms with van der Waals surface area (Å²) < 4.78 is 13.8. The average Bonchev–Trinajstić information content (AvgIpc) is 3.15. The molecule has 0 N–H and O–H groups in total. The topological polar surface area (TPSA) is 47.0 Å². The van der Waals surface area contributed by atoms with Crippen LogP contribution in [0.15, 0.2) is 58.9 Å². The van der Waals surface area contributed by atoms with Crippen molar-refractivity contribution in [1.82, 2.24) is 4.98 Å². The first-order chi connectivity index (χ1) is 12.6. The summed E-state index contributed by atoms with van der Waals surface area (Å²) in [5, 5.41) is 2.55. The van der Waals surface area contributed by atoms with Crippen LogP contribution >= 0.6 is 23.1 Å². The van der Waals surface area contributed by atoms with Gasteiger partial charge in [-0.15, -0.1) is 23.1 Å². The van der Waals surface area contributed by atoms with Gasteiger partial charge in [0.25, 0.3) is 0 Å². The van der Waals surface area contributed by atoms with Crippen LogP contribution in [0.5, 0.6) is 0 Å². The van der Waals surface area contributed by atoms with Crippen molar-refractivity contribution >= 4 is 34.7 Å². The van der Waals surface area contributed by atoms with Crippen molar-refractivity contribution in [3.05, 3.63) is 81.6 Å². The van der Waals surface area contributed by atoms with Crippen LogP contribution in [0, 0.1) is 5.82 Å². The second kappa shape index (κ2) is 8.38. The van der Waals surface area contributed by atoms with E-state index in [9.17, 15) is 14.0 Å². The molecular formula is C20H16FNO2S2. The Balaban J connectivity index is 1.90. The van der Waals surface area contributed by atoms with Gasteiger partial charge in [-0.3, -0.25) is 9.59 Å². The second-order valence-electron chi connectivity index (χ2n) is 5.65. The normalized spacial score (nSPS) is 10.7. The van der Waals surface area contributed by atoms with Gasteiger partial charge in [-0.05, 0) is 36.1 Å². The summed E-state index contributed by atoms with van der Waals surface area (Å²) in [4.78, 5) is 30.3. The molecule has 6 heteroatoms. The third kappa shape index (κ3) is 4.26. The number of hydrogen-bond donors (Lipinski definition) is 0. The quantitative estimate of drug-likeness (QED) is 0.441. The maximum absolute atomic E-state index is 13.8. The molecule has 0 amide bonds. The summed E-state index contributed by atoms with van der Waals surface area (Å²) in [6.07, 6.45) is 3.82. The van der Waals surface area contributed by atoms with Crippen LogP contribution < -0.4 is 0 Å². The Morgan fingerprint density at radius 3 is 2.65 bits per heavy atom. The van der Waals surface area contributed by atoms with Gasteiger partial charge in [-0.2, -0.15) is 0 Å². The van der Waals surface area contributed by atoms with Crippen LogP contribution in [0.1, 0.15) is 26.5 Å². The van der Waals surface area contributed by atoms with E-state index in [1.807, 2.05) is 23.8 Å². The highest BCUT2D eigenvalue weighted by molar-refractivity contribution is 7.98. The average molecular weight is 385 g/mol. The van der Waals surface area contributed by atoms with Crippen LogP contribution in [-0.4, -0.2) is 22.8 Å². The molecule has 0 saturated heterocycles. The standard InChI is InChI=1S/C20H16FNO2S2/c1-25-18-5-3-2-4-16(18)20(24)17-11-14(21)7-6-13(17)10-15(23)12-19-22-8-9-26-19/h2-9,11H,10,12H2,1H3. The molecule has 26 heavy (non-hydrogen) atoms. The number of carbonyl (C=O) groups excluding carboxylic acids is 2. The summed E-state index contributed by atoms with van der Waals surface area (Å²) in [5.41, 5.74) is 1.28. The van der Waals surface area contributed by atoms with Crippen molar-refractivity contribution in [3.63, 3.8) is 0 Å². The summed E-state index contributed by atoms with van der Waals surface area (Å²) in [7, 11) is 0. The Bertz CT molecular complexity index is 939. The number of thioether (sulfide) groups is 1. The number of rotatable bonds is 7. The number of halogens is 1. The molecule has 132 valence electrons. The Morgan fingerprint density at radius 2 is 1.92 bits per heavy atom. The lowest BCUT2D eigenvalue weighted by Gasteiger charge is -2.11. The summed E-state index contributed by atoms with van der Waals surface area (Å²) in [6, 6.07) is 11.2. The molecule has 1 heterocycles. The van der Waals surface area contributed by atoms with Gasteiger partial charge in [0.05, 0.1) is 11.4 Å². The molecule has 0 spiro atoms. The van der Waals surface area contributed by atoms with Crippen molar-refractivity contribution in [2.75, 3.05) is 6.26 Å². The van der Waals surface area contributed by atoms with Crippen LogP contribution in [0.4, 0.5) is 4.39 Å². The molecule has 3 aromatic rings. The number of Topliss-reactive ketones (excluding diaryl/α,β-unsaturated/α-hetero) is 1. The van der Waals surface area contributed by atoms with E-state index in [4.69, 9.17) is 0 Å². The van der Waals surface area contributed by atoms with Gasteiger partial charge in [0.1, 0.15) is 11.6 Å². The summed E-state index contributed by atoms with van der Waals surface area (Å²) in [6.45, 7) is 0. The second-order valence-corrected chi connectivity index (χ2v) is 7.48. The van der Waals surface area contributed by atoms with Crippen LogP contribution in [0.3, 0.4) is 0 Å². The highest BCUT2D eigenvalue weighted by Gasteiger charge is 2.19. The number of aromatic nitrogens is 1. The number of ketones is 2. The Morgan fingerprint density at radius 1 is 1.12 bits per heavy atom. The fourth-order valence-corrected chi connectivity index (χ4v) is 3.92. The summed E-state index contributed by atoms with van der Waals surface area (Å²) in [5.74, 6) is -0.823. The van der Waals surface area contributed by atoms with E-state index >= 15 is 0 Å². The summed E-state index contributed by atoms with van der Waals surface area (Å²) >= 11 is 2.87. The molecule has 3 nitrogen and oxygen atoms in total. The van der Waals surface area contributed by atoms with Gasteiger partial charge >= 0.3 is 0 Å². The minimum atomic E-state index is -0.494. The molecule has 0 aliphatic carbocycles. The van der Waals surface area contributed by atoms with E-state index < -0.39 is 5.82 Å². The molecule has 3 rings (SSSR count). The van der Waals surface area contributed by atoms with Gasteiger partial charge in [0.2, 0.25) is 0 Å². The molecule has 1 aromatic heterocycles. The minimum absolute atomic E-state index is 0.0567. The fourth-order valence-electron chi connectivity index (χ4n) is 2.68. The van der Waals surface area contributed by atoms with E-state index in [-0.39, 0.29) is 30.0 Å². The van der Waals surface area contributed by atoms with Crippen molar-refractivity contribution in [2.45, 2.75) is 17.7 Å². The zero-order valence-corrected chi connectivity index (χ0v) is 15.7. The van der Waals surface area contributed by atoms with Gasteiger partial charge in [0, 0.05) is 34.0 Å². The SMILES string of the molecule is CSc1ccccc1C(=O)c1cc(F)ccc1CC(=O)Cc1nccs1. The largest absolute Gasteiger partial charge is 0.299 e. The highest BCUT2D eigenvalue weighted by Crippen LogP contribution is 2.25. The predicted octanol–water partition coefficient (Wildman–Crippen LogP) is 4.59. The van der Waals surface area contributed by atoms with Crippen LogP contribution in [0.2, 0.25) is 0 Å². The molecule has 2 aromatic carbocycles. The molecule has 0 bridgehead atoms. The van der Waals surface area contributed by atoms with Crippen molar-refractivity contribution in [3.8, 4) is 0 Å². The first kappa shape index (κ1) is 18.5. The van der Waals surface area contributed by atoms with E-state index in [1.54, 1.807) is 18.3 Å². The van der Waals surface area contributed by atoms with Gasteiger partial charge in [-0.25, -0.2) is 9.37 Å². The Hall–Kier alpha value is -2.31. The minimum Gasteiger partial charge on any atom is -0.299 e. The first-order valence-electron chi connectivity index (χ1n) is 7.94. The number of benzene rings is 2. The number of carbonyl (C=O) groups is 2. The van der Waals surface area contributed by atoms with Crippen LogP contribution in [0.25, 0.3) is 0 Å². The maximum atomic E-state index is 13.8. The van der Waals surface area contributed by atoms with Gasteiger partial charge in [0.15, 0.2) is 5.78 Å². The number of hydrogen-bond acceptors (Lipinski definition) is 5. The lowest BCUT2D eigenvalue weighted by atomic mass is 9.94. The maximum Gasteiger partial charge on any atom is 0.194 e. The third-order valence-corrected chi connectivity index (χ3v) is 5.46. The predicted molar refractivity (Wildman–Crippen MR) is 103 cm³/mol. The van der Waals surface area contributed by atoms with E-state index in [1.165, 1.54) is 41.3 Å². The monoisotopic (exact) mass is 385 g/mol. The van der Waals surface area contributed by atoms with E-state index in [0.29, 0.717) is 11.1 Å². The molecule has 0 aliphatic heterocycles. The highest BCUT2D eigenvalue weighted by atomic mass is 32.2.